The molecule has 130 valence electrons. The number of aliphatic hydroxyl groups excluding tert-OH is 1. The molecule has 0 aliphatic carbocycles. The van der Waals surface area contributed by atoms with Gasteiger partial charge >= 0.3 is 0 Å². The first-order valence-electron chi connectivity index (χ1n) is 8.04. The van der Waals surface area contributed by atoms with Crippen molar-refractivity contribution in [3.8, 4) is 0 Å². The Kier molecular flexibility index (Phi) is 5.11. The number of amides is 1. The minimum absolute atomic E-state index is 0.123. The topological polar surface area (TPSA) is 57.6 Å². The summed E-state index contributed by atoms with van der Waals surface area (Å²) in [6, 6.07) is 8.48. The molecule has 1 amide bonds. The standard InChI is InChI=1S/C19H18BrNO3S/c1-3-9-21-15(18-11(2)8-10-25-18)14(17(23)19(21)24)16(22)12-4-6-13(20)7-5-12/h4-8,10,15,22H,3,9H2,1-2H3/b16-14-. The van der Waals surface area contributed by atoms with E-state index in [-0.39, 0.29) is 11.3 Å². The zero-order valence-electron chi connectivity index (χ0n) is 14.0. The molecule has 0 spiro atoms. The first kappa shape index (κ1) is 17.9. The number of rotatable bonds is 4. The highest BCUT2D eigenvalue weighted by atomic mass is 79.9. The second kappa shape index (κ2) is 7.14. The van der Waals surface area contributed by atoms with Crippen LogP contribution in [-0.2, 0) is 9.59 Å². The van der Waals surface area contributed by atoms with Crippen molar-refractivity contribution in [3.63, 3.8) is 0 Å². The van der Waals surface area contributed by atoms with Crippen molar-refractivity contribution in [1.29, 1.82) is 0 Å². The largest absolute Gasteiger partial charge is 0.507 e. The van der Waals surface area contributed by atoms with Gasteiger partial charge in [-0.25, -0.2) is 0 Å². The molecule has 1 N–H and O–H groups in total. The van der Waals surface area contributed by atoms with Crippen molar-refractivity contribution in [3.05, 3.63) is 61.8 Å². The lowest BCUT2D eigenvalue weighted by Crippen LogP contribution is -2.30. The van der Waals surface area contributed by atoms with Gasteiger partial charge in [0.15, 0.2) is 0 Å². The predicted octanol–water partition coefficient (Wildman–Crippen LogP) is 4.65. The Bertz CT molecular complexity index is 854. The minimum atomic E-state index is -0.619. The highest BCUT2D eigenvalue weighted by Gasteiger charge is 2.46. The maximum atomic E-state index is 12.7. The van der Waals surface area contributed by atoms with Crippen LogP contribution >= 0.6 is 27.3 Å². The minimum Gasteiger partial charge on any atom is -0.507 e. The van der Waals surface area contributed by atoms with Crippen LogP contribution in [0.5, 0.6) is 0 Å². The fraction of sp³-hybridized carbons (Fsp3) is 0.263. The van der Waals surface area contributed by atoms with Gasteiger partial charge in [0.25, 0.3) is 11.7 Å². The summed E-state index contributed by atoms with van der Waals surface area (Å²) in [5.74, 6) is -1.28. The van der Waals surface area contributed by atoms with Gasteiger partial charge < -0.3 is 10.0 Å². The summed E-state index contributed by atoms with van der Waals surface area (Å²) in [6.45, 7) is 4.40. The number of aliphatic hydroxyl groups is 1. The number of thiophene rings is 1. The van der Waals surface area contributed by atoms with Gasteiger partial charge in [0.05, 0.1) is 11.6 Å². The molecule has 1 aliphatic heterocycles. The Hall–Kier alpha value is -1.92. The number of hydrogen-bond donors (Lipinski definition) is 1. The van der Waals surface area contributed by atoms with Gasteiger partial charge in [-0.05, 0) is 42.5 Å². The number of carbonyl (C=O) groups is 2. The van der Waals surface area contributed by atoms with E-state index in [4.69, 9.17) is 0 Å². The number of aryl methyl sites for hydroxylation is 1. The maximum Gasteiger partial charge on any atom is 0.295 e. The van der Waals surface area contributed by atoms with E-state index in [1.165, 1.54) is 11.3 Å². The smallest absolute Gasteiger partial charge is 0.295 e. The van der Waals surface area contributed by atoms with E-state index < -0.39 is 17.7 Å². The van der Waals surface area contributed by atoms with E-state index >= 15 is 0 Å². The molecule has 3 rings (SSSR count). The Morgan fingerprint density at radius 2 is 1.92 bits per heavy atom. The molecule has 0 bridgehead atoms. The van der Waals surface area contributed by atoms with Gasteiger partial charge in [-0.15, -0.1) is 11.3 Å². The molecule has 1 fully saturated rings. The number of likely N-dealkylation sites (tertiary alicyclic amines) is 1. The Morgan fingerprint density at radius 3 is 2.48 bits per heavy atom. The fourth-order valence-electron chi connectivity index (χ4n) is 3.05. The van der Waals surface area contributed by atoms with Crippen molar-refractivity contribution in [2.45, 2.75) is 26.3 Å². The normalized spacial score (nSPS) is 19.6. The van der Waals surface area contributed by atoms with Crippen molar-refractivity contribution < 1.29 is 14.7 Å². The van der Waals surface area contributed by atoms with Crippen molar-refractivity contribution >= 4 is 44.7 Å². The zero-order chi connectivity index (χ0) is 18.1. The second-order valence-electron chi connectivity index (χ2n) is 5.97. The summed E-state index contributed by atoms with van der Waals surface area (Å²) in [5.41, 5.74) is 1.71. The first-order chi connectivity index (χ1) is 12.0. The third-order valence-corrected chi connectivity index (χ3v) is 5.87. The summed E-state index contributed by atoms with van der Waals surface area (Å²) in [6.07, 6.45) is 0.742. The number of benzene rings is 1. The Morgan fingerprint density at radius 1 is 1.24 bits per heavy atom. The van der Waals surface area contributed by atoms with Crippen molar-refractivity contribution in [2.75, 3.05) is 6.54 Å². The third-order valence-electron chi connectivity index (χ3n) is 4.27. The van der Waals surface area contributed by atoms with Crippen LogP contribution in [0, 0.1) is 6.92 Å². The van der Waals surface area contributed by atoms with Crippen molar-refractivity contribution in [2.24, 2.45) is 0 Å². The molecule has 25 heavy (non-hydrogen) atoms. The average Bonchev–Trinajstić information content (AvgIpc) is 3.11. The summed E-state index contributed by atoms with van der Waals surface area (Å²) < 4.78 is 0.876. The molecule has 1 saturated heterocycles. The van der Waals surface area contributed by atoms with E-state index in [1.54, 1.807) is 29.2 Å². The second-order valence-corrected chi connectivity index (χ2v) is 7.83. The molecule has 1 aromatic carbocycles. The van der Waals surface area contributed by atoms with E-state index in [2.05, 4.69) is 15.9 Å². The summed E-state index contributed by atoms with van der Waals surface area (Å²) >= 11 is 4.86. The lowest BCUT2D eigenvalue weighted by molar-refractivity contribution is -0.139. The zero-order valence-corrected chi connectivity index (χ0v) is 16.4. The third kappa shape index (κ3) is 3.16. The van der Waals surface area contributed by atoms with Gasteiger partial charge in [-0.2, -0.15) is 0 Å². The molecule has 4 nitrogen and oxygen atoms in total. The predicted molar refractivity (Wildman–Crippen MR) is 102 cm³/mol. The molecular weight excluding hydrogens is 402 g/mol. The lowest BCUT2D eigenvalue weighted by atomic mass is 9.98. The summed E-state index contributed by atoms with van der Waals surface area (Å²) in [7, 11) is 0. The first-order valence-corrected chi connectivity index (χ1v) is 9.71. The van der Waals surface area contributed by atoms with Gasteiger partial charge in [0.2, 0.25) is 0 Å². The highest BCUT2D eigenvalue weighted by Crippen LogP contribution is 2.42. The van der Waals surface area contributed by atoms with Gasteiger partial charge in [-0.3, -0.25) is 9.59 Å². The summed E-state index contributed by atoms with van der Waals surface area (Å²) in [4.78, 5) is 27.7. The van der Waals surface area contributed by atoms with Crippen LogP contribution in [0.15, 0.2) is 45.8 Å². The van der Waals surface area contributed by atoms with E-state index in [0.29, 0.717) is 12.1 Å². The molecule has 2 heterocycles. The molecule has 1 unspecified atom stereocenters. The monoisotopic (exact) mass is 419 g/mol. The van der Waals surface area contributed by atoms with Crippen LogP contribution in [0.2, 0.25) is 0 Å². The van der Waals surface area contributed by atoms with E-state index in [9.17, 15) is 14.7 Å². The average molecular weight is 420 g/mol. The van der Waals surface area contributed by atoms with Gasteiger partial charge in [0, 0.05) is 21.5 Å². The van der Waals surface area contributed by atoms with Gasteiger partial charge in [-0.1, -0.05) is 35.0 Å². The maximum absolute atomic E-state index is 12.7. The molecule has 1 aromatic heterocycles. The highest BCUT2D eigenvalue weighted by molar-refractivity contribution is 9.10. The number of hydrogen-bond acceptors (Lipinski definition) is 4. The molecule has 0 saturated carbocycles. The fourth-order valence-corrected chi connectivity index (χ4v) is 4.36. The molecule has 1 aliphatic rings. The van der Waals surface area contributed by atoms with Crippen LogP contribution in [0.1, 0.15) is 35.4 Å². The lowest BCUT2D eigenvalue weighted by Gasteiger charge is -2.24. The Labute approximate surface area is 158 Å². The number of carbonyl (C=O) groups excluding carboxylic acids is 2. The van der Waals surface area contributed by atoms with Crippen LogP contribution in [-0.4, -0.2) is 28.2 Å². The number of Topliss-reactive ketones (excluding diaryl/α,β-unsaturated/α-hetero) is 1. The number of ketones is 1. The number of nitrogens with zero attached hydrogens (tertiary/aromatic N) is 1. The van der Waals surface area contributed by atoms with Crippen LogP contribution < -0.4 is 0 Å². The van der Waals surface area contributed by atoms with Gasteiger partial charge in [0.1, 0.15) is 5.76 Å². The Balaban J connectivity index is 2.19. The van der Waals surface area contributed by atoms with Crippen LogP contribution in [0.3, 0.4) is 0 Å². The SMILES string of the molecule is CCCN1C(=O)C(=O)/C(=C(\O)c2ccc(Br)cc2)C1c1sccc1C. The van der Waals surface area contributed by atoms with E-state index in [1.807, 2.05) is 25.3 Å². The molecule has 2 aromatic rings. The van der Waals surface area contributed by atoms with Crippen LogP contribution in [0.4, 0.5) is 0 Å². The molecule has 0 radical (unpaired) electrons. The quantitative estimate of drug-likeness (QED) is 0.445. The molecular formula is C19H18BrNO3S. The van der Waals surface area contributed by atoms with E-state index in [0.717, 1.165) is 21.3 Å². The molecule has 6 heteroatoms. The van der Waals surface area contributed by atoms with Crippen molar-refractivity contribution in [1.82, 2.24) is 4.90 Å². The van der Waals surface area contributed by atoms with Crippen LogP contribution in [0.25, 0.3) is 5.76 Å². The number of halogens is 1. The molecule has 1 atom stereocenters. The summed E-state index contributed by atoms with van der Waals surface area (Å²) in [5, 5.41) is 12.8.